The Morgan fingerprint density at radius 3 is 2.56 bits per heavy atom. The van der Waals surface area contributed by atoms with E-state index in [0.717, 1.165) is 16.9 Å². The molecule has 0 fully saturated rings. The van der Waals surface area contributed by atoms with E-state index in [0.29, 0.717) is 15.7 Å². The topological polar surface area (TPSA) is 41.6 Å². The van der Waals surface area contributed by atoms with Gasteiger partial charge in [-0.2, -0.15) is 0 Å². The van der Waals surface area contributed by atoms with Crippen molar-refractivity contribution in [3.63, 3.8) is 0 Å². The summed E-state index contributed by atoms with van der Waals surface area (Å²) in [5.41, 5.74) is 2.96. The lowest BCUT2D eigenvalue weighted by molar-refractivity contribution is -0.136. The highest BCUT2D eigenvalue weighted by molar-refractivity contribution is 7.80. The van der Waals surface area contributed by atoms with Crippen LogP contribution in [-0.2, 0) is 9.53 Å². The maximum atomic E-state index is 12.5. The van der Waals surface area contributed by atoms with Crippen molar-refractivity contribution in [3.05, 3.63) is 76.5 Å². The average Bonchev–Trinajstić information content (AvgIpc) is 2.61. The number of hydrogen-bond donors (Lipinski definition) is 1. The molecule has 4 nitrogen and oxygen atoms in total. The van der Waals surface area contributed by atoms with Gasteiger partial charge in [-0.15, -0.1) is 0 Å². The molecule has 2 aromatic rings. The molecule has 1 aliphatic rings. The van der Waals surface area contributed by atoms with E-state index in [1.807, 2.05) is 60.4 Å². The molecule has 0 saturated heterocycles. The Labute approximate surface area is 157 Å². The van der Waals surface area contributed by atoms with E-state index in [4.69, 9.17) is 28.6 Å². The number of nitrogens with zero attached hydrogens (tertiary/aromatic N) is 1. The Balaban J connectivity index is 2.14. The number of esters is 1. The van der Waals surface area contributed by atoms with Crippen molar-refractivity contribution in [2.45, 2.75) is 13.0 Å². The first kappa shape index (κ1) is 17.5. The average molecular weight is 373 g/mol. The number of rotatable bonds is 3. The fourth-order valence-corrected chi connectivity index (χ4v) is 3.50. The van der Waals surface area contributed by atoms with Gasteiger partial charge in [0.15, 0.2) is 5.11 Å². The normalized spacial score (nSPS) is 17.3. The maximum Gasteiger partial charge on any atom is 0.337 e. The minimum atomic E-state index is -0.418. The lowest BCUT2D eigenvalue weighted by Gasteiger charge is -2.37. The number of carbonyl (C=O) groups excluding carboxylic acids is 1. The predicted molar refractivity (Wildman–Crippen MR) is 104 cm³/mol. The quantitative estimate of drug-likeness (QED) is 0.645. The number of nitrogens with one attached hydrogen (secondary N) is 1. The molecule has 0 saturated carbocycles. The van der Waals surface area contributed by atoms with Gasteiger partial charge in [-0.3, -0.25) is 4.90 Å². The van der Waals surface area contributed by atoms with Gasteiger partial charge >= 0.3 is 5.97 Å². The first-order valence-corrected chi connectivity index (χ1v) is 8.51. The van der Waals surface area contributed by atoms with Crippen LogP contribution in [0.4, 0.5) is 5.69 Å². The minimum Gasteiger partial charge on any atom is -0.466 e. The molecule has 0 aliphatic carbocycles. The molecule has 0 spiro atoms. The zero-order valence-corrected chi connectivity index (χ0v) is 15.4. The van der Waals surface area contributed by atoms with Gasteiger partial charge in [0.2, 0.25) is 0 Å². The lowest BCUT2D eigenvalue weighted by atomic mass is 9.95. The van der Waals surface area contributed by atoms with Gasteiger partial charge in [0.1, 0.15) is 0 Å². The molecule has 0 amide bonds. The Hall–Kier alpha value is -2.37. The molecule has 128 valence electrons. The van der Waals surface area contributed by atoms with Gasteiger partial charge in [-0.25, -0.2) is 4.79 Å². The number of benzene rings is 2. The molecule has 0 radical (unpaired) electrons. The van der Waals surface area contributed by atoms with Crippen molar-refractivity contribution in [1.29, 1.82) is 0 Å². The number of anilines is 1. The number of methoxy groups -OCH3 is 1. The molecular weight excluding hydrogens is 356 g/mol. The van der Waals surface area contributed by atoms with Gasteiger partial charge in [-0.1, -0.05) is 41.9 Å². The lowest BCUT2D eigenvalue weighted by Crippen LogP contribution is -2.48. The summed E-state index contributed by atoms with van der Waals surface area (Å²) in [5.74, 6) is -0.404. The van der Waals surface area contributed by atoms with Crippen molar-refractivity contribution in [2.75, 3.05) is 12.0 Å². The van der Waals surface area contributed by atoms with Gasteiger partial charge in [0.25, 0.3) is 0 Å². The van der Waals surface area contributed by atoms with Crippen molar-refractivity contribution >= 4 is 40.6 Å². The van der Waals surface area contributed by atoms with E-state index in [-0.39, 0.29) is 0 Å². The van der Waals surface area contributed by atoms with Gasteiger partial charge < -0.3 is 10.1 Å². The summed E-state index contributed by atoms with van der Waals surface area (Å²) in [6.07, 6.45) is 0. The monoisotopic (exact) mass is 372 g/mol. The van der Waals surface area contributed by atoms with Gasteiger partial charge in [0, 0.05) is 16.4 Å². The first-order valence-electron chi connectivity index (χ1n) is 7.73. The zero-order chi connectivity index (χ0) is 18.0. The first-order chi connectivity index (χ1) is 12.0. The summed E-state index contributed by atoms with van der Waals surface area (Å²) in [4.78, 5) is 14.3. The third-order valence-corrected chi connectivity index (χ3v) is 4.62. The Morgan fingerprint density at radius 1 is 1.20 bits per heavy atom. The standard InChI is InChI=1S/C19H17ClN2O2S/c1-12-16(18(23)24-2)17(13-7-6-8-14(20)11-13)21-19(25)22(12)15-9-4-3-5-10-15/h3-11,17H,1-2H3,(H,21,25). The van der Waals surface area contributed by atoms with Crippen LogP contribution in [0.5, 0.6) is 0 Å². The van der Waals surface area contributed by atoms with Gasteiger partial charge in [-0.05, 0) is 49.0 Å². The Morgan fingerprint density at radius 2 is 1.92 bits per heavy atom. The number of ether oxygens (including phenoxy) is 1. The summed E-state index contributed by atoms with van der Waals surface area (Å²) in [6, 6.07) is 16.6. The number of hydrogen-bond acceptors (Lipinski definition) is 3. The summed E-state index contributed by atoms with van der Waals surface area (Å²) in [6.45, 7) is 1.87. The highest BCUT2D eigenvalue weighted by atomic mass is 35.5. The van der Waals surface area contributed by atoms with Crippen LogP contribution in [0.2, 0.25) is 5.02 Å². The van der Waals surface area contributed by atoms with Crippen molar-refractivity contribution < 1.29 is 9.53 Å². The molecule has 1 aliphatic heterocycles. The Kier molecular flexibility index (Phi) is 5.06. The van der Waals surface area contributed by atoms with Crippen LogP contribution in [0, 0.1) is 0 Å². The summed E-state index contributed by atoms with van der Waals surface area (Å²) in [7, 11) is 1.37. The molecule has 1 unspecified atom stereocenters. The van der Waals surface area contributed by atoms with Crippen molar-refractivity contribution in [2.24, 2.45) is 0 Å². The second-order valence-electron chi connectivity index (χ2n) is 5.60. The molecule has 6 heteroatoms. The molecule has 0 bridgehead atoms. The van der Waals surface area contributed by atoms with E-state index in [1.165, 1.54) is 7.11 Å². The summed E-state index contributed by atoms with van der Waals surface area (Å²) in [5, 5.41) is 4.35. The number of carbonyl (C=O) groups is 1. The Bertz CT molecular complexity index is 852. The van der Waals surface area contributed by atoms with Crippen molar-refractivity contribution in [3.8, 4) is 0 Å². The number of halogens is 1. The smallest absolute Gasteiger partial charge is 0.337 e. The number of para-hydroxylation sites is 1. The van der Waals surface area contributed by atoms with Crippen molar-refractivity contribution in [1.82, 2.24) is 5.32 Å². The summed E-state index contributed by atoms with van der Waals surface area (Å²) >= 11 is 11.7. The molecule has 1 atom stereocenters. The van der Waals surface area contributed by atoms with Gasteiger partial charge in [0.05, 0.1) is 18.7 Å². The van der Waals surface area contributed by atoms with Crippen LogP contribution in [-0.4, -0.2) is 18.2 Å². The van der Waals surface area contributed by atoms with Crippen LogP contribution < -0.4 is 10.2 Å². The zero-order valence-electron chi connectivity index (χ0n) is 13.8. The third-order valence-electron chi connectivity index (χ3n) is 4.09. The summed E-state index contributed by atoms with van der Waals surface area (Å²) < 4.78 is 5.02. The highest BCUT2D eigenvalue weighted by Gasteiger charge is 2.35. The molecule has 2 aromatic carbocycles. The predicted octanol–water partition coefficient (Wildman–Crippen LogP) is 4.22. The molecule has 3 rings (SSSR count). The molecule has 25 heavy (non-hydrogen) atoms. The highest BCUT2D eigenvalue weighted by Crippen LogP contribution is 2.34. The number of thiocarbonyl (C=S) groups is 1. The largest absolute Gasteiger partial charge is 0.466 e. The van der Waals surface area contributed by atoms with Crippen LogP contribution >= 0.6 is 23.8 Å². The third kappa shape index (κ3) is 3.38. The second-order valence-corrected chi connectivity index (χ2v) is 6.42. The molecule has 1 heterocycles. The second kappa shape index (κ2) is 7.25. The van der Waals surface area contributed by atoms with Crippen LogP contribution in [0.15, 0.2) is 65.9 Å². The fourth-order valence-electron chi connectivity index (χ4n) is 2.94. The maximum absolute atomic E-state index is 12.5. The van der Waals surface area contributed by atoms with E-state index >= 15 is 0 Å². The van der Waals surface area contributed by atoms with E-state index in [1.54, 1.807) is 6.07 Å². The van der Waals surface area contributed by atoms with Crippen LogP contribution in [0.25, 0.3) is 0 Å². The SMILES string of the molecule is COC(=O)C1=C(C)N(c2ccccc2)C(=S)NC1c1cccc(Cl)c1. The number of allylic oxidation sites excluding steroid dienone is 1. The van der Waals surface area contributed by atoms with Crippen LogP contribution in [0.3, 0.4) is 0 Å². The fraction of sp³-hybridized carbons (Fsp3) is 0.158. The molecule has 0 aromatic heterocycles. The van der Waals surface area contributed by atoms with E-state index in [9.17, 15) is 4.79 Å². The van der Waals surface area contributed by atoms with E-state index < -0.39 is 12.0 Å². The van der Waals surface area contributed by atoms with E-state index in [2.05, 4.69) is 5.32 Å². The minimum absolute atomic E-state index is 0.404. The van der Waals surface area contributed by atoms with Crippen LogP contribution in [0.1, 0.15) is 18.5 Å². The molecule has 1 N–H and O–H groups in total. The molecular formula is C19H17ClN2O2S.